The van der Waals surface area contributed by atoms with E-state index in [4.69, 9.17) is 11.6 Å². The Morgan fingerprint density at radius 3 is 2.68 bits per heavy atom. The molecule has 1 unspecified atom stereocenters. The Kier molecular flexibility index (Phi) is 5.37. The predicted octanol–water partition coefficient (Wildman–Crippen LogP) is 3.87. The van der Waals surface area contributed by atoms with Crippen LogP contribution < -0.4 is 5.32 Å². The van der Waals surface area contributed by atoms with Gasteiger partial charge in [-0.15, -0.1) is 11.3 Å². The summed E-state index contributed by atoms with van der Waals surface area (Å²) in [7, 11) is 0. The predicted molar refractivity (Wildman–Crippen MR) is 83.2 cm³/mol. The summed E-state index contributed by atoms with van der Waals surface area (Å²) < 4.78 is 0. The zero-order valence-electron chi connectivity index (χ0n) is 11.3. The minimum absolute atomic E-state index is 0.460. The van der Waals surface area contributed by atoms with Crippen molar-refractivity contribution in [1.29, 1.82) is 0 Å². The van der Waals surface area contributed by atoms with E-state index in [1.807, 2.05) is 19.1 Å². The molecule has 0 amide bonds. The van der Waals surface area contributed by atoms with E-state index in [0.29, 0.717) is 6.04 Å². The van der Waals surface area contributed by atoms with Crippen molar-refractivity contribution in [3.05, 3.63) is 50.9 Å². The van der Waals surface area contributed by atoms with Crippen LogP contribution in [-0.4, -0.2) is 17.6 Å². The van der Waals surface area contributed by atoms with Crippen LogP contribution in [0.5, 0.6) is 0 Å². The van der Waals surface area contributed by atoms with Gasteiger partial charge < -0.3 is 5.32 Å². The second-order valence-electron chi connectivity index (χ2n) is 4.82. The molecule has 0 bridgehead atoms. The number of hydrogen-bond acceptors (Lipinski definition) is 3. The summed E-state index contributed by atoms with van der Waals surface area (Å²) in [6.45, 7) is 5.22. The van der Waals surface area contributed by atoms with Gasteiger partial charge >= 0.3 is 0 Å². The summed E-state index contributed by atoms with van der Waals surface area (Å²) >= 11 is 7.62. The Morgan fingerprint density at radius 2 is 2.05 bits per heavy atom. The number of rotatable bonds is 6. The van der Waals surface area contributed by atoms with E-state index in [2.05, 4.69) is 34.7 Å². The normalized spacial score (nSPS) is 12.6. The lowest BCUT2D eigenvalue weighted by Gasteiger charge is -2.13. The average molecular weight is 295 g/mol. The van der Waals surface area contributed by atoms with E-state index in [1.54, 1.807) is 11.3 Å². The minimum atomic E-state index is 0.460. The molecule has 0 aliphatic rings. The Balaban J connectivity index is 1.72. The van der Waals surface area contributed by atoms with E-state index >= 15 is 0 Å². The minimum Gasteiger partial charge on any atom is -0.314 e. The summed E-state index contributed by atoms with van der Waals surface area (Å²) in [4.78, 5) is 4.47. The SMILES string of the molecule is Cc1csc(CCNC(C)Cc2ccc(Cl)cc2)n1. The molecule has 102 valence electrons. The number of hydrogen-bond donors (Lipinski definition) is 1. The van der Waals surface area contributed by atoms with Crippen LogP contribution in [0.3, 0.4) is 0 Å². The number of aromatic nitrogens is 1. The lowest BCUT2D eigenvalue weighted by molar-refractivity contribution is 0.548. The molecule has 0 saturated carbocycles. The first-order chi connectivity index (χ1) is 9.13. The second kappa shape index (κ2) is 7.04. The van der Waals surface area contributed by atoms with Gasteiger partial charge in [0.1, 0.15) is 0 Å². The Bertz CT molecular complexity index is 507. The third-order valence-corrected chi connectivity index (χ3v) is 4.23. The first-order valence-electron chi connectivity index (χ1n) is 6.52. The number of halogens is 1. The van der Waals surface area contributed by atoms with Crippen LogP contribution in [0.2, 0.25) is 5.02 Å². The molecule has 2 aromatic rings. The van der Waals surface area contributed by atoms with Crippen molar-refractivity contribution in [2.45, 2.75) is 32.7 Å². The van der Waals surface area contributed by atoms with E-state index < -0.39 is 0 Å². The van der Waals surface area contributed by atoms with Gasteiger partial charge in [-0.05, 0) is 38.0 Å². The van der Waals surface area contributed by atoms with Crippen LogP contribution >= 0.6 is 22.9 Å². The quantitative estimate of drug-likeness (QED) is 0.875. The maximum atomic E-state index is 5.88. The van der Waals surface area contributed by atoms with Crippen molar-refractivity contribution in [1.82, 2.24) is 10.3 Å². The van der Waals surface area contributed by atoms with Crippen molar-refractivity contribution in [2.24, 2.45) is 0 Å². The molecule has 1 aromatic carbocycles. The molecule has 2 rings (SSSR count). The highest BCUT2D eigenvalue weighted by Crippen LogP contribution is 2.11. The number of nitrogens with one attached hydrogen (secondary N) is 1. The van der Waals surface area contributed by atoms with E-state index in [1.165, 1.54) is 10.6 Å². The lowest BCUT2D eigenvalue weighted by Crippen LogP contribution is -2.29. The first kappa shape index (κ1) is 14.5. The summed E-state index contributed by atoms with van der Waals surface area (Å²) in [5.41, 5.74) is 2.43. The van der Waals surface area contributed by atoms with Gasteiger partial charge in [-0.1, -0.05) is 23.7 Å². The topological polar surface area (TPSA) is 24.9 Å². The van der Waals surface area contributed by atoms with Crippen LogP contribution in [-0.2, 0) is 12.8 Å². The van der Waals surface area contributed by atoms with Crippen molar-refractivity contribution in [3.63, 3.8) is 0 Å². The molecule has 19 heavy (non-hydrogen) atoms. The van der Waals surface area contributed by atoms with Gasteiger partial charge in [-0.2, -0.15) is 0 Å². The maximum Gasteiger partial charge on any atom is 0.0940 e. The van der Waals surface area contributed by atoms with Crippen LogP contribution in [0.15, 0.2) is 29.6 Å². The molecule has 0 radical (unpaired) electrons. The van der Waals surface area contributed by atoms with Crippen LogP contribution in [0, 0.1) is 6.92 Å². The Labute approximate surface area is 123 Å². The van der Waals surface area contributed by atoms with Crippen molar-refractivity contribution < 1.29 is 0 Å². The maximum absolute atomic E-state index is 5.88. The molecule has 1 aromatic heterocycles. The van der Waals surface area contributed by atoms with Crippen LogP contribution in [0.25, 0.3) is 0 Å². The number of thiazole rings is 1. The zero-order chi connectivity index (χ0) is 13.7. The second-order valence-corrected chi connectivity index (χ2v) is 6.20. The fourth-order valence-electron chi connectivity index (χ4n) is 1.99. The summed E-state index contributed by atoms with van der Waals surface area (Å²) in [6.07, 6.45) is 2.03. The van der Waals surface area contributed by atoms with Crippen LogP contribution in [0.1, 0.15) is 23.2 Å². The van der Waals surface area contributed by atoms with Gasteiger partial charge in [0.25, 0.3) is 0 Å². The van der Waals surface area contributed by atoms with Crippen molar-refractivity contribution in [2.75, 3.05) is 6.54 Å². The summed E-state index contributed by atoms with van der Waals surface area (Å²) in [5, 5.41) is 7.65. The molecular weight excluding hydrogens is 276 g/mol. The van der Waals surface area contributed by atoms with Gasteiger partial charge in [0, 0.05) is 35.1 Å². The van der Waals surface area contributed by atoms with Gasteiger partial charge in [-0.25, -0.2) is 4.98 Å². The van der Waals surface area contributed by atoms with E-state index in [9.17, 15) is 0 Å². The van der Waals surface area contributed by atoms with Gasteiger partial charge in [-0.3, -0.25) is 0 Å². The van der Waals surface area contributed by atoms with Gasteiger partial charge in [0.2, 0.25) is 0 Å². The summed E-state index contributed by atoms with van der Waals surface area (Å²) in [6, 6.07) is 8.53. The van der Waals surface area contributed by atoms with E-state index in [0.717, 1.165) is 30.1 Å². The van der Waals surface area contributed by atoms with Crippen molar-refractivity contribution in [3.8, 4) is 0 Å². The Morgan fingerprint density at radius 1 is 1.32 bits per heavy atom. The number of benzene rings is 1. The molecule has 0 spiro atoms. The molecule has 0 fully saturated rings. The summed E-state index contributed by atoms with van der Waals surface area (Å²) in [5.74, 6) is 0. The molecule has 1 heterocycles. The lowest BCUT2D eigenvalue weighted by atomic mass is 10.1. The molecule has 1 atom stereocenters. The largest absolute Gasteiger partial charge is 0.314 e. The number of nitrogens with zero attached hydrogens (tertiary/aromatic N) is 1. The third kappa shape index (κ3) is 4.94. The molecule has 0 saturated heterocycles. The zero-order valence-corrected chi connectivity index (χ0v) is 12.9. The molecule has 0 aliphatic heterocycles. The van der Waals surface area contributed by atoms with Gasteiger partial charge in [0.05, 0.1) is 5.01 Å². The first-order valence-corrected chi connectivity index (χ1v) is 7.78. The van der Waals surface area contributed by atoms with Crippen LogP contribution in [0.4, 0.5) is 0 Å². The molecular formula is C15H19ClN2S. The third-order valence-electron chi connectivity index (χ3n) is 2.95. The highest BCUT2D eigenvalue weighted by molar-refractivity contribution is 7.09. The van der Waals surface area contributed by atoms with E-state index in [-0.39, 0.29) is 0 Å². The highest BCUT2D eigenvalue weighted by atomic mass is 35.5. The van der Waals surface area contributed by atoms with Crippen molar-refractivity contribution >= 4 is 22.9 Å². The highest BCUT2D eigenvalue weighted by Gasteiger charge is 2.04. The average Bonchev–Trinajstić information content (AvgIpc) is 2.78. The molecule has 0 aliphatic carbocycles. The molecule has 2 nitrogen and oxygen atoms in total. The monoisotopic (exact) mass is 294 g/mol. The Hall–Kier alpha value is -0.900. The standard InChI is InChI=1S/C15H19ClN2S/c1-11(9-13-3-5-14(16)6-4-13)17-8-7-15-18-12(2)10-19-15/h3-6,10-11,17H,7-9H2,1-2H3. The molecule has 1 N–H and O–H groups in total. The smallest absolute Gasteiger partial charge is 0.0940 e. The molecule has 4 heteroatoms. The number of aryl methyl sites for hydroxylation is 1. The fourth-order valence-corrected chi connectivity index (χ4v) is 2.89. The fraction of sp³-hybridized carbons (Fsp3) is 0.400. The van der Waals surface area contributed by atoms with Gasteiger partial charge in [0.15, 0.2) is 0 Å².